The van der Waals surface area contributed by atoms with Gasteiger partial charge in [0.2, 0.25) is 5.91 Å². The number of hydrogen-bond donors (Lipinski definition) is 3. The van der Waals surface area contributed by atoms with Gasteiger partial charge in [0.05, 0.1) is 0 Å². The highest BCUT2D eigenvalue weighted by Crippen LogP contribution is 2.25. The molecule has 0 aromatic carbocycles. The van der Waals surface area contributed by atoms with E-state index in [1.807, 2.05) is 24.0 Å². The van der Waals surface area contributed by atoms with Gasteiger partial charge in [0.25, 0.3) is 0 Å². The second kappa shape index (κ2) is 7.69. The highest BCUT2D eigenvalue weighted by molar-refractivity contribution is 5.75. The molecule has 1 atom stereocenters. The maximum absolute atomic E-state index is 12.1. The number of carbonyl (C=O) groups excluding carboxylic acids is 1. The molecule has 3 rings (SSSR count). The monoisotopic (exact) mass is 359 g/mol. The minimum Gasteiger partial charge on any atom is -0.386 e. The molecule has 0 aliphatic carbocycles. The molecule has 9 nitrogen and oxygen atoms in total. The Labute approximate surface area is 152 Å². The number of aryl methyl sites for hydroxylation is 2. The van der Waals surface area contributed by atoms with Crippen LogP contribution < -0.4 is 15.5 Å². The molecule has 2 aromatic rings. The number of rotatable bonds is 7. The van der Waals surface area contributed by atoms with E-state index in [-0.39, 0.29) is 12.5 Å². The molecular weight excluding hydrogens is 334 g/mol. The SMILES string of the molecule is CNc1cc(N2CC[C@@](O)(CNC(=O)CCn3nccc3C)C2)ncn1. The predicted molar refractivity (Wildman–Crippen MR) is 97.9 cm³/mol. The lowest BCUT2D eigenvalue weighted by atomic mass is 10.0. The molecule has 3 N–H and O–H groups in total. The van der Waals surface area contributed by atoms with Crippen molar-refractivity contribution in [2.75, 3.05) is 36.9 Å². The van der Waals surface area contributed by atoms with E-state index in [2.05, 4.69) is 25.7 Å². The molecule has 0 spiro atoms. The molecule has 140 valence electrons. The second-order valence-electron chi connectivity index (χ2n) is 6.63. The summed E-state index contributed by atoms with van der Waals surface area (Å²) in [6.07, 6.45) is 4.12. The van der Waals surface area contributed by atoms with Gasteiger partial charge < -0.3 is 20.6 Å². The summed E-state index contributed by atoms with van der Waals surface area (Å²) in [6, 6.07) is 3.75. The number of hydrogen-bond acceptors (Lipinski definition) is 7. The van der Waals surface area contributed by atoms with Crippen LogP contribution in [0.3, 0.4) is 0 Å². The molecule has 0 saturated carbocycles. The summed E-state index contributed by atoms with van der Waals surface area (Å²) in [4.78, 5) is 22.4. The molecule has 3 heterocycles. The van der Waals surface area contributed by atoms with Crippen molar-refractivity contribution < 1.29 is 9.90 Å². The summed E-state index contributed by atoms with van der Waals surface area (Å²) in [6.45, 7) is 3.81. The zero-order chi connectivity index (χ0) is 18.6. The van der Waals surface area contributed by atoms with Crippen LogP contribution in [0.25, 0.3) is 0 Å². The average Bonchev–Trinajstić information content (AvgIpc) is 3.24. The van der Waals surface area contributed by atoms with Gasteiger partial charge in [-0.05, 0) is 19.4 Å². The first kappa shape index (κ1) is 18.1. The van der Waals surface area contributed by atoms with E-state index in [0.29, 0.717) is 32.5 Å². The highest BCUT2D eigenvalue weighted by atomic mass is 16.3. The van der Waals surface area contributed by atoms with Gasteiger partial charge in [-0.15, -0.1) is 0 Å². The molecule has 0 bridgehead atoms. The minimum absolute atomic E-state index is 0.0914. The summed E-state index contributed by atoms with van der Waals surface area (Å²) in [7, 11) is 1.80. The smallest absolute Gasteiger partial charge is 0.221 e. The van der Waals surface area contributed by atoms with Crippen LogP contribution in [0.15, 0.2) is 24.7 Å². The first-order valence-corrected chi connectivity index (χ1v) is 8.71. The molecule has 1 fully saturated rings. The van der Waals surface area contributed by atoms with Crippen LogP contribution in [-0.4, -0.2) is 63.0 Å². The first-order valence-electron chi connectivity index (χ1n) is 8.71. The molecule has 0 unspecified atom stereocenters. The maximum atomic E-state index is 12.1. The van der Waals surface area contributed by atoms with E-state index in [9.17, 15) is 9.90 Å². The standard InChI is InChI=1S/C17H25N7O2/c1-13-3-6-22-24(13)7-4-16(25)19-10-17(26)5-8-23(11-17)15-9-14(18-2)20-12-21-15/h3,6,9,12,26H,4-5,7-8,10-11H2,1-2H3,(H,19,25)(H,18,20,21)/t17-/m1/s1. The number of anilines is 2. The normalized spacial score (nSPS) is 19.6. The van der Waals surface area contributed by atoms with E-state index in [1.54, 1.807) is 17.9 Å². The Hall–Kier alpha value is -2.68. The number of aliphatic hydroxyl groups is 1. The zero-order valence-corrected chi connectivity index (χ0v) is 15.1. The Morgan fingerprint density at radius 2 is 2.27 bits per heavy atom. The van der Waals surface area contributed by atoms with Gasteiger partial charge in [-0.2, -0.15) is 5.10 Å². The van der Waals surface area contributed by atoms with Crippen LogP contribution in [0.2, 0.25) is 0 Å². The van der Waals surface area contributed by atoms with Crippen molar-refractivity contribution in [3.05, 3.63) is 30.4 Å². The molecular formula is C17H25N7O2. The molecule has 1 aliphatic heterocycles. The third-order valence-corrected chi connectivity index (χ3v) is 4.66. The summed E-state index contributed by atoms with van der Waals surface area (Å²) in [5.74, 6) is 1.40. The van der Waals surface area contributed by atoms with Gasteiger partial charge in [-0.1, -0.05) is 0 Å². The number of amides is 1. The van der Waals surface area contributed by atoms with Gasteiger partial charge in [0.1, 0.15) is 23.6 Å². The van der Waals surface area contributed by atoms with Gasteiger partial charge in [0.15, 0.2) is 0 Å². The Bertz CT molecular complexity index is 763. The number of β-amino-alcohol motifs (C(OH)–C–C–N with tert-alkyl or cyclic N) is 1. The fraction of sp³-hybridized carbons (Fsp3) is 0.529. The summed E-state index contributed by atoms with van der Waals surface area (Å²) in [5, 5.41) is 20.7. The van der Waals surface area contributed by atoms with Crippen molar-refractivity contribution in [1.29, 1.82) is 0 Å². The summed E-state index contributed by atoms with van der Waals surface area (Å²) < 4.78 is 1.79. The topological polar surface area (TPSA) is 108 Å². The van der Waals surface area contributed by atoms with Crippen LogP contribution in [-0.2, 0) is 11.3 Å². The number of nitrogens with zero attached hydrogens (tertiary/aromatic N) is 5. The Morgan fingerprint density at radius 3 is 3.00 bits per heavy atom. The Morgan fingerprint density at radius 1 is 1.42 bits per heavy atom. The second-order valence-corrected chi connectivity index (χ2v) is 6.63. The van der Waals surface area contributed by atoms with Gasteiger partial charge in [-0.25, -0.2) is 9.97 Å². The maximum Gasteiger partial charge on any atom is 0.221 e. The summed E-state index contributed by atoms with van der Waals surface area (Å²) >= 11 is 0. The summed E-state index contributed by atoms with van der Waals surface area (Å²) in [5.41, 5.74) is 0.0656. The van der Waals surface area contributed by atoms with Crippen molar-refractivity contribution in [3.8, 4) is 0 Å². The molecule has 0 radical (unpaired) electrons. The van der Waals surface area contributed by atoms with E-state index in [1.165, 1.54) is 6.33 Å². The van der Waals surface area contributed by atoms with Gasteiger partial charge in [-0.3, -0.25) is 9.48 Å². The van der Waals surface area contributed by atoms with Crippen molar-refractivity contribution in [2.24, 2.45) is 0 Å². The third kappa shape index (κ3) is 4.29. The lowest BCUT2D eigenvalue weighted by molar-refractivity contribution is -0.122. The van der Waals surface area contributed by atoms with Crippen molar-refractivity contribution in [3.63, 3.8) is 0 Å². The fourth-order valence-electron chi connectivity index (χ4n) is 3.04. The Balaban J connectivity index is 1.48. The molecule has 1 saturated heterocycles. The number of aromatic nitrogens is 4. The quantitative estimate of drug-likeness (QED) is 0.647. The van der Waals surface area contributed by atoms with Gasteiger partial charge >= 0.3 is 0 Å². The van der Waals surface area contributed by atoms with Gasteiger partial charge in [0, 0.05) is 57.6 Å². The average molecular weight is 359 g/mol. The third-order valence-electron chi connectivity index (χ3n) is 4.66. The minimum atomic E-state index is -0.956. The largest absolute Gasteiger partial charge is 0.386 e. The van der Waals surface area contributed by atoms with E-state index in [4.69, 9.17) is 0 Å². The molecule has 1 aliphatic rings. The lowest BCUT2D eigenvalue weighted by Gasteiger charge is -2.24. The van der Waals surface area contributed by atoms with E-state index < -0.39 is 5.60 Å². The van der Waals surface area contributed by atoms with Crippen LogP contribution in [0.5, 0.6) is 0 Å². The van der Waals surface area contributed by atoms with Crippen LogP contribution in [0.1, 0.15) is 18.5 Å². The Kier molecular flexibility index (Phi) is 5.36. The van der Waals surface area contributed by atoms with E-state index >= 15 is 0 Å². The van der Waals surface area contributed by atoms with Crippen LogP contribution in [0, 0.1) is 6.92 Å². The predicted octanol–water partition coefficient (Wildman–Crippen LogP) is 0.171. The first-order chi connectivity index (χ1) is 12.5. The molecule has 9 heteroatoms. The molecule has 2 aromatic heterocycles. The van der Waals surface area contributed by atoms with Crippen molar-refractivity contribution >= 4 is 17.5 Å². The van der Waals surface area contributed by atoms with Crippen LogP contribution >= 0.6 is 0 Å². The van der Waals surface area contributed by atoms with Crippen LogP contribution in [0.4, 0.5) is 11.6 Å². The van der Waals surface area contributed by atoms with Crippen molar-refractivity contribution in [1.82, 2.24) is 25.1 Å². The molecule has 26 heavy (non-hydrogen) atoms. The highest BCUT2D eigenvalue weighted by Gasteiger charge is 2.37. The zero-order valence-electron chi connectivity index (χ0n) is 15.1. The van der Waals surface area contributed by atoms with Crippen molar-refractivity contribution in [2.45, 2.75) is 31.9 Å². The lowest BCUT2D eigenvalue weighted by Crippen LogP contribution is -2.45. The number of nitrogens with one attached hydrogen (secondary N) is 2. The van der Waals surface area contributed by atoms with E-state index in [0.717, 1.165) is 17.3 Å². The molecule has 1 amide bonds. The number of carbonyl (C=O) groups is 1. The fourth-order valence-corrected chi connectivity index (χ4v) is 3.04.